The fraction of sp³-hybridized carbons (Fsp3) is 0.532. The van der Waals surface area contributed by atoms with Crippen molar-refractivity contribution >= 4 is 81.9 Å². The normalized spacial score (nSPS) is 16.7. The number of guanidine groups is 1. The number of phenolic OH excluding ortho intramolecular Hbond substituents is 1. The first-order chi connectivity index (χ1) is 44.0. The van der Waals surface area contributed by atoms with Gasteiger partial charge in [-0.1, -0.05) is 44.2 Å². The first-order valence-corrected chi connectivity index (χ1v) is 30.9. The Kier molecular flexibility index (Phi) is 28.5. The van der Waals surface area contributed by atoms with E-state index in [1.165, 1.54) is 41.7 Å². The number of carboxylic acid groups (broad SMARTS) is 1. The number of carbonyl (C=O) groups excluding carboxylic acids is 10. The van der Waals surface area contributed by atoms with Crippen molar-refractivity contribution in [1.29, 1.82) is 5.41 Å². The number of fused-ring (bicyclic) bond motifs is 1. The van der Waals surface area contributed by atoms with Gasteiger partial charge in [0.05, 0.1) is 30.8 Å². The van der Waals surface area contributed by atoms with E-state index >= 15 is 0 Å². The van der Waals surface area contributed by atoms with Crippen LogP contribution in [0.3, 0.4) is 0 Å². The van der Waals surface area contributed by atoms with Crippen LogP contribution in [0.25, 0.3) is 10.9 Å². The fourth-order valence-corrected chi connectivity index (χ4v) is 10.3. The van der Waals surface area contributed by atoms with Crippen LogP contribution >= 0.6 is 0 Å². The molecule has 31 heteroatoms. The Morgan fingerprint density at radius 3 is 1.92 bits per heavy atom. The highest BCUT2D eigenvalue weighted by atomic mass is 16.5. The van der Waals surface area contributed by atoms with Crippen molar-refractivity contribution in [2.45, 2.75) is 173 Å². The van der Waals surface area contributed by atoms with Gasteiger partial charge >= 0.3 is 0 Å². The molecule has 93 heavy (non-hydrogen) atoms. The van der Waals surface area contributed by atoms with Crippen LogP contribution in [0, 0.1) is 11.3 Å². The van der Waals surface area contributed by atoms with Crippen molar-refractivity contribution in [2.75, 3.05) is 32.8 Å². The molecule has 31 nitrogen and oxygen atoms in total. The molecular formula is C62H90N16O15. The van der Waals surface area contributed by atoms with Gasteiger partial charge < -0.3 is 93.8 Å². The number of hydrogen-bond acceptors (Lipinski definition) is 16. The molecule has 2 saturated heterocycles. The van der Waals surface area contributed by atoms with Crippen LogP contribution in [0.1, 0.15) is 110 Å². The lowest BCUT2D eigenvalue weighted by Crippen LogP contribution is -2.62. The van der Waals surface area contributed by atoms with Gasteiger partial charge in [-0.2, -0.15) is 0 Å². The first-order valence-electron chi connectivity index (χ1n) is 30.9. The molecule has 0 aliphatic carbocycles. The van der Waals surface area contributed by atoms with E-state index in [1.54, 1.807) is 58.2 Å². The van der Waals surface area contributed by atoms with Crippen LogP contribution < -0.4 is 58.9 Å². The number of likely N-dealkylation sites (N-methyl/N-ethyl adjacent to an activating group) is 1. The second-order valence-electron chi connectivity index (χ2n) is 24.1. The number of nitrogens with two attached hydrogens (primary N) is 1. The number of amides is 10. The number of aromatic amines is 2. The summed E-state index contributed by atoms with van der Waals surface area (Å²) in [6.45, 7) is 10.9. The minimum Gasteiger partial charge on any atom is -0.508 e. The summed E-state index contributed by atoms with van der Waals surface area (Å²) in [4.78, 5) is 161. The number of nitrogens with zero attached hydrogens (tertiary/aromatic N) is 2. The molecule has 0 unspecified atom stereocenters. The number of aliphatic carboxylic acids is 1. The number of phenols is 1. The van der Waals surface area contributed by atoms with E-state index in [-0.39, 0.29) is 93.9 Å². The van der Waals surface area contributed by atoms with Crippen LogP contribution in [0.4, 0.5) is 0 Å². The predicted molar refractivity (Wildman–Crippen MR) is 339 cm³/mol. The molecule has 0 saturated carbocycles. The number of rotatable bonds is 32. The van der Waals surface area contributed by atoms with Crippen molar-refractivity contribution in [3.8, 4) is 5.75 Å². The summed E-state index contributed by atoms with van der Waals surface area (Å²) in [6.07, 6.45) is 5.61. The molecule has 0 bridgehead atoms. The first kappa shape index (κ1) is 74.1. The number of aliphatic hydroxyl groups is 1. The summed E-state index contributed by atoms with van der Waals surface area (Å²) in [5, 5.41) is 63.4. The molecule has 0 spiro atoms. The number of carboxylic acids is 1. The number of aromatic hydroxyl groups is 1. The molecule has 9 atom stereocenters. The Labute approximate surface area is 538 Å². The topological polar surface area (TPSA) is 476 Å². The zero-order chi connectivity index (χ0) is 68.5. The van der Waals surface area contributed by atoms with Crippen molar-refractivity contribution in [3.63, 3.8) is 0 Å². The van der Waals surface area contributed by atoms with E-state index < -0.39 is 126 Å². The van der Waals surface area contributed by atoms with Crippen LogP contribution in [-0.2, 0) is 76.7 Å². The molecule has 4 heterocycles. The number of hydrogen-bond donors (Lipinski definition) is 17. The van der Waals surface area contributed by atoms with E-state index in [9.17, 15) is 58.2 Å². The Morgan fingerprint density at radius 2 is 1.33 bits per heavy atom. The van der Waals surface area contributed by atoms with E-state index in [0.717, 1.165) is 6.92 Å². The molecule has 2 aromatic carbocycles. The molecular weight excluding hydrogens is 1210 g/mol. The van der Waals surface area contributed by atoms with Gasteiger partial charge in [0.1, 0.15) is 60.1 Å². The van der Waals surface area contributed by atoms with Gasteiger partial charge in [-0.15, -0.1) is 0 Å². The lowest BCUT2D eigenvalue weighted by Gasteiger charge is -2.31. The summed E-state index contributed by atoms with van der Waals surface area (Å²) < 4.78 is 6.04. The Balaban J connectivity index is 0.00000380. The average molecular weight is 1300 g/mol. The quantitative estimate of drug-likeness (QED) is 0.0152. The molecule has 508 valence electrons. The van der Waals surface area contributed by atoms with Crippen molar-refractivity contribution < 1.29 is 72.8 Å². The fourth-order valence-electron chi connectivity index (χ4n) is 10.3. The summed E-state index contributed by atoms with van der Waals surface area (Å²) in [5.41, 5.74) is 6.69. The van der Waals surface area contributed by atoms with E-state index in [0.29, 0.717) is 47.1 Å². The highest BCUT2D eigenvalue weighted by Crippen LogP contribution is 2.22. The Morgan fingerprint density at radius 1 is 0.753 bits per heavy atom. The second kappa shape index (κ2) is 35.8. The highest BCUT2D eigenvalue weighted by Gasteiger charge is 2.40. The number of para-hydroxylation sites is 1. The smallest absolute Gasteiger partial charge is 0.300 e. The molecule has 2 fully saturated rings. The Bertz CT molecular complexity index is 3220. The molecule has 2 aliphatic rings. The third-order valence-corrected chi connectivity index (χ3v) is 14.9. The molecule has 18 N–H and O–H groups in total. The summed E-state index contributed by atoms with van der Waals surface area (Å²) in [6, 6.07) is 0.985. The van der Waals surface area contributed by atoms with Gasteiger partial charge in [0, 0.05) is 75.5 Å². The third-order valence-electron chi connectivity index (χ3n) is 14.9. The Hall–Kier alpha value is -9.65. The third kappa shape index (κ3) is 24.2. The van der Waals surface area contributed by atoms with Crippen LogP contribution in [-0.4, -0.2) is 199 Å². The summed E-state index contributed by atoms with van der Waals surface area (Å²) in [7, 11) is 0. The van der Waals surface area contributed by atoms with E-state index in [2.05, 4.69) is 68.1 Å². The number of carbonyl (C=O) groups is 11. The van der Waals surface area contributed by atoms with Crippen molar-refractivity contribution in [3.05, 3.63) is 84.1 Å². The molecule has 10 amide bonds. The van der Waals surface area contributed by atoms with Gasteiger partial charge in [0.15, 0.2) is 5.96 Å². The maximum absolute atomic E-state index is 14.8. The van der Waals surface area contributed by atoms with Crippen LogP contribution in [0.5, 0.6) is 5.75 Å². The number of imidazole rings is 1. The predicted octanol–water partition coefficient (Wildman–Crippen LogP) is -1.37. The number of likely N-dealkylation sites (tertiary alicyclic amines) is 1. The zero-order valence-electron chi connectivity index (χ0n) is 53.4. The van der Waals surface area contributed by atoms with Crippen molar-refractivity contribution in [1.82, 2.24) is 73.0 Å². The van der Waals surface area contributed by atoms with Crippen LogP contribution in [0.15, 0.2) is 67.3 Å². The SMILES string of the molecule is CC(=O)O.CCNC(=O)[C@@H]1CCCN1C(=O)[C@H](CCCNC(=N)N)NC(=O)[C@H](CC(C)C)NC(=O)[C@@H](COC(C)(C)C)NC(=O)[C@H](Cc1ccc(O)cc1)NC(=O)[C@H](CO)NC(=O)[C@H](Cc1c[nH]c2ccccc12)NC(=O)[C@H](Cc1c[nH]cn1)NC(=O)[C@@H]1CCC(=O)N1. The second-order valence-corrected chi connectivity index (χ2v) is 24.1. The highest BCUT2D eigenvalue weighted by molar-refractivity contribution is 5.99. The number of aliphatic hydroxyl groups excluding tert-OH is 1. The zero-order valence-corrected chi connectivity index (χ0v) is 53.4. The molecule has 4 aromatic rings. The average Bonchev–Trinajstić information content (AvgIpc) is 1.78. The number of aromatic nitrogens is 3. The maximum atomic E-state index is 14.8. The lowest BCUT2D eigenvalue weighted by molar-refractivity contribution is -0.142. The summed E-state index contributed by atoms with van der Waals surface area (Å²) in [5.74, 6) is -8.71. The molecule has 0 radical (unpaired) electrons. The van der Waals surface area contributed by atoms with Gasteiger partial charge in [0.2, 0.25) is 59.1 Å². The summed E-state index contributed by atoms with van der Waals surface area (Å²) >= 11 is 0. The number of ether oxygens (including phenoxy) is 1. The number of nitrogens with one attached hydrogen (secondary N) is 13. The molecule has 6 rings (SSSR count). The van der Waals surface area contributed by atoms with Crippen LogP contribution in [0.2, 0.25) is 0 Å². The largest absolute Gasteiger partial charge is 0.508 e. The number of H-pyrrole nitrogens is 2. The minimum atomic E-state index is -1.78. The van der Waals surface area contributed by atoms with E-state index in [4.69, 9.17) is 25.8 Å². The number of benzene rings is 2. The monoisotopic (exact) mass is 1300 g/mol. The minimum absolute atomic E-state index is 0.0556. The van der Waals surface area contributed by atoms with Gasteiger partial charge in [-0.05, 0) is 101 Å². The molecule has 2 aliphatic heterocycles. The van der Waals surface area contributed by atoms with Gasteiger partial charge in [0.25, 0.3) is 5.97 Å². The standard InChI is InChI=1S/C60H86N16O13.C2H4O2/c1-7-64-57(87)48-15-11-23-76(48)58(88)41(14-10-22-65-59(61)62)69-51(81)42(24-33(2)3)70-56(86)47(31-89-60(4,5)6)75-52(82)43(25-34-16-18-37(78)19-17-34)71-55(85)46(30-77)74-53(83)44(26-35-28-66-39-13-9-8-12-38(35)39)72-54(84)45(27-36-29-63-32-67-36)73-50(80)40-20-21-49(79)68-40;1-2(3)4/h8-9,12-13,16-19,28-29,32-33,40-48,66,77-78H,7,10-11,14-15,20-27,30-31H2,1-6H3,(H,63,67)(H,64,87)(H,68,79)(H,69,81)(H,70,86)(H,71,85)(H,72,84)(H,73,80)(H,74,83)(H,75,82)(H4,61,62,65);1H3,(H,3,4)/t40-,41-,42-,43-,44-,45-,46-,47+,48-;/m0./s1. The van der Waals surface area contributed by atoms with Gasteiger partial charge in [-0.25, -0.2) is 4.98 Å². The van der Waals surface area contributed by atoms with Crippen molar-refractivity contribution in [2.24, 2.45) is 11.7 Å². The van der Waals surface area contributed by atoms with Gasteiger partial charge in [-0.3, -0.25) is 58.1 Å². The lowest BCUT2D eigenvalue weighted by atomic mass is 10.0. The van der Waals surface area contributed by atoms with E-state index in [1.807, 2.05) is 13.8 Å². The maximum Gasteiger partial charge on any atom is 0.300 e. The molecule has 2 aromatic heterocycles.